The van der Waals surface area contributed by atoms with Crippen LogP contribution in [0.2, 0.25) is 0 Å². The first-order chi connectivity index (χ1) is 11.5. The Labute approximate surface area is 139 Å². The van der Waals surface area contributed by atoms with Crippen LogP contribution in [0, 0.1) is 0 Å². The predicted molar refractivity (Wildman–Crippen MR) is 88.9 cm³/mol. The molecule has 1 aliphatic rings. The van der Waals surface area contributed by atoms with Crippen molar-refractivity contribution in [2.45, 2.75) is 25.9 Å². The Balaban J connectivity index is 1.90. The second-order valence-electron chi connectivity index (χ2n) is 5.80. The number of anilines is 1. The van der Waals surface area contributed by atoms with Crippen LogP contribution in [0.5, 0.6) is 5.75 Å². The molecule has 1 N–H and O–H groups in total. The van der Waals surface area contributed by atoms with E-state index in [4.69, 9.17) is 4.74 Å². The highest BCUT2D eigenvalue weighted by Gasteiger charge is 2.54. The fourth-order valence-electron chi connectivity index (χ4n) is 3.07. The second kappa shape index (κ2) is 5.92. The van der Waals surface area contributed by atoms with Gasteiger partial charge in [0, 0.05) is 17.3 Å². The van der Waals surface area contributed by atoms with Gasteiger partial charge in [0.25, 0.3) is 0 Å². The van der Waals surface area contributed by atoms with Crippen LogP contribution in [0.1, 0.15) is 25.0 Å². The first-order valence-corrected chi connectivity index (χ1v) is 7.61. The number of nitrogens with one attached hydrogen (secondary N) is 1. The number of hydrogen-bond donors (Lipinski definition) is 1. The van der Waals surface area contributed by atoms with Gasteiger partial charge in [-0.1, -0.05) is 36.4 Å². The molecular formula is C19H17NO4. The smallest absolute Gasteiger partial charge is 0.250 e. The minimum absolute atomic E-state index is 0.387. The second-order valence-corrected chi connectivity index (χ2v) is 5.80. The summed E-state index contributed by atoms with van der Waals surface area (Å²) in [6.45, 7) is 2.91. The van der Waals surface area contributed by atoms with Crippen molar-refractivity contribution in [2.75, 3.05) is 5.32 Å². The lowest BCUT2D eigenvalue weighted by Crippen LogP contribution is -2.47. The number of fused-ring (bicyclic) bond motifs is 1. The third-order valence-electron chi connectivity index (χ3n) is 4.29. The first-order valence-electron chi connectivity index (χ1n) is 7.61. The molecule has 1 heterocycles. The molecule has 1 aliphatic heterocycles. The molecule has 0 fully saturated rings. The van der Waals surface area contributed by atoms with Crippen LogP contribution < -0.4 is 10.1 Å². The van der Waals surface area contributed by atoms with E-state index < -0.39 is 22.9 Å². The molecular weight excluding hydrogens is 306 g/mol. The highest BCUT2D eigenvalue weighted by Crippen LogP contribution is 2.41. The van der Waals surface area contributed by atoms with Gasteiger partial charge in [-0.05, 0) is 25.5 Å². The minimum Gasteiger partial charge on any atom is -0.489 e. The van der Waals surface area contributed by atoms with Crippen molar-refractivity contribution < 1.29 is 19.1 Å². The molecule has 0 aliphatic carbocycles. The molecule has 24 heavy (non-hydrogen) atoms. The largest absolute Gasteiger partial charge is 0.489 e. The van der Waals surface area contributed by atoms with E-state index in [1.54, 1.807) is 18.2 Å². The van der Waals surface area contributed by atoms with Gasteiger partial charge in [0.2, 0.25) is 5.91 Å². The van der Waals surface area contributed by atoms with Gasteiger partial charge in [-0.2, -0.15) is 0 Å². The van der Waals surface area contributed by atoms with Crippen LogP contribution in [0.3, 0.4) is 0 Å². The molecule has 2 aromatic carbocycles. The molecule has 0 spiro atoms. The van der Waals surface area contributed by atoms with Crippen molar-refractivity contribution in [3.05, 3.63) is 59.7 Å². The SMILES string of the molecule is CC(=O)C1(C(C)=O)C(=O)Nc2cc(OCc3ccccc3)ccc21. The molecule has 0 saturated carbocycles. The maximum absolute atomic E-state index is 12.3. The van der Waals surface area contributed by atoms with E-state index in [1.807, 2.05) is 30.3 Å². The highest BCUT2D eigenvalue weighted by atomic mass is 16.5. The summed E-state index contributed by atoms with van der Waals surface area (Å²) >= 11 is 0. The molecule has 0 aromatic heterocycles. The molecule has 3 rings (SSSR count). The molecule has 122 valence electrons. The Morgan fingerprint density at radius 2 is 1.71 bits per heavy atom. The number of hydrogen-bond acceptors (Lipinski definition) is 4. The van der Waals surface area contributed by atoms with Crippen molar-refractivity contribution in [2.24, 2.45) is 0 Å². The molecule has 0 bridgehead atoms. The van der Waals surface area contributed by atoms with Crippen molar-refractivity contribution >= 4 is 23.2 Å². The summed E-state index contributed by atoms with van der Waals surface area (Å²) in [5, 5.41) is 2.63. The molecule has 2 aromatic rings. The lowest BCUT2D eigenvalue weighted by molar-refractivity contribution is -0.139. The average Bonchev–Trinajstić information content (AvgIpc) is 2.85. The van der Waals surface area contributed by atoms with E-state index in [0.29, 0.717) is 23.6 Å². The van der Waals surface area contributed by atoms with Crippen molar-refractivity contribution in [3.63, 3.8) is 0 Å². The zero-order valence-corrected chi connectivity index (χ0v) is 13.5. The van der Waals surface area contributed by atoms with E-state index in [-0.39, 0.29) is 0 Å². The van der Waals surface area contributed by atoms with Crippen LogP contribution in [0.25, 0.3) is 0 Å². The van der Waals surface area contributed by atoms with Gasteiger partial charge in [0.05, 0.1) is 0 Å². The van der Waals surface area contributed by atoms with Crippen LogP contribution in [-0.4, -0.2) is 17.5 Å². The number of ketones is 2. The average molecular weight is 323 g/mol. The van der Waals surface area contributed by atoms with E-state index in [2.05, 4.69) is 5.32 Å². The number of benzene rings is 2. The Kier molecular flexibility index (Phi) is 3.93. The summed E-state index contributed by atoms with van der Waals surface area (Å²) in [5.41, 5.74) is 0.104. The summed E-state index contributed by atoms with van der Waals surface area (Å²) in [6.07, 6.45) is 0. The number of rotatable bonds is 5. The number of carbonyl (C=O) groups is 3. The summed E-state index contributed by atoms with van der Waals surface area (Å²) < 4.78 is 5.72. The lowest BCUT2D eigenvalue weighted by Gasteiger charge is -2.20. The van der Waals surface area contributed by atoms with Crippen LogP contribution in [-0.2, 0) is 26.4 Å². The number of carbonyl (C=O) groups excluding carboxylic acids is 3. The van der Waals surface area contributed by atoms with E-state index in [9.17, 15) is 14.4 Å². The van der Waals surface area contributed by atoms with Gasteiger partial charge in [0.15, 0.2) is 17.0 Å². The van der Waals surface area contributed by atoms with Gasteiger partial charge < -0.3 is 10.1 Å². The third kappa shape index (κ3) is 2.38. The minimum atomic E-state index is -1.74. The van der Waals surface area contributed by atoms with Gasteiger partial charge in [-0.25, -0.2) is 0 Å². The highest BCUT2D eigenvalue weighted by molar-refractivity contribution is 6.34. The predicted octanol–water partition coefficient (Wildman–Crippen LogP) is 2.63. The maximum atomic E-state index is 12.3. The Hall–Kier alpha value is -2.95. The molecule has 0 atom stereocenters. The van der Waals surface area contributed by atoms with Gasteiger partial charge in [0.1, 0.15) is 12.4 Å². The fraction of sp³-hybridized carbons (Fsp3) is 0.211. The van der Waals surface area contributed by atoms with E-state index in [0.717, 1.165) is 5.56 Å². The zero-order chi connectivity index (χ0) is 17.3. The van der Waals surface area contributed by atoms with E-state index >= 15 is 0 Å². The summed E-state index contributed by atoms with van der Waals surface area (Å²) in [4.78, 5) is 36.5. The zero-order valence-electron chi connectivity index (χ0n) is 13.5. The quantitative estimate of drug-likeness (QED) is 0.859. The fourth-order valence-corrected chi connectivity index (χ4v) is 3.07. The molecule has 5 nitrogen and oxygen atoms in total. The Morgan fingerprint density at radius 3 is 2.33 bits per heavy atom. The summed E-state index contributed by atoms with van der Waals surface area (Å²) in [6, 6.07) is 14.6. The molecule has 0 unspecified atom stereocenters. The van der Waals surface area contributed by atoms with Gasteiger partial charge in [-0.15, -0.1) is 0 Å². The van der Waals surface area contributed by atoms with Crippen LogP contribution in [0.4, 0.5) is 5.69 Å². The number of amides is 1. The molecule has 0 saturated heterocycles. The van der Waals surface area contributed by atoms with Crippen molar-refractivity contribution in [1.29, 1.82) is 0 Å². The van der Waals surface area contributed by atoms with Gasteiger partial charge >= 0.3 is 0 Å². The van der Waals surface area contributed by atoms with E-state index in [1.165, 1.54) is 13.8 Å². The first kappa shape index (κ1) is 15.9. The van der Waals surface area contributed by atoms with Crippen molar-refractivity contribution in [1.82, 2.24) is 0 Å². The number of ether oxygens (including phenoxy) is 1. The van der Waals surface area contributed by atoms with Gasteiger partial charge in [-0.3, -0.25) is 14.4 Å². The monoisotopic (exact) mass is 323 g/mol. The Bertz CT molecular complexity index is 813. The molecule has 0 radical (unpaired) electrons. The Morgan fingerprint density at radius 1 is 1.04 bits per heavy atom. The van der Waals surface area contributed by atoms with Crippen LogP contribution >= 0.6 is 0 Å². The maximum Gasteiger partial charge on any atom is 0.250 e. The van der Waals surface area contributed by atoms with Crippen molar-refractivity contribution in [3.8, 4) is 5.75 Å². The van der Waals surface area contributed by atoms with Crippen LogP contribution in [0.15, 0.2) is 48.5 Å². The summed E-state index contributed by atoms with van der Waals surface area (Å²) in [5.74, 6) is -1.01. The summed E-state index contributed by atoms with van der Waals surface area (Å²) in [7, 11) is 0. The normalized spacial score (nSPS) is 14.7. The third-order valence-corrected chi connectivity index (χ3v) is 4.29. The topological polar surface area (TPSA) is 72.5 Å². The lowest BCUT2D eigenvalue weighted by atomic mass is 9.75. The molecule has 1 amide bonds. The number of Topliss-reactive ketones (excluding diaryl/α,β-unsaturated/α-hetero) is 2. The molecule has 5 heteroatoms. The standard InChI is InChI=1S/C19H17NO4/c1-12(21)19(13(2)22)16-9-8-15(10-17(16)20-18(19)23)24-11-14-6-4-3-5-7-14/h3-10H,11H2,1-2H3,(H,20,23).